The van der Waals surface area contributed by atoms with Crippen LogP contribution in [0.2, 0.25) is 0 Å². The van der Waals surface area contributed by atoms with Gasteiger partial charge in [0.2, 0.25) is 5.90 Å². The minimum Gasteiger partial charge on any atom is -0.475 e. The second kappa shape index (κ2) is 7.22. The van der Waals surface area contributed by atoms with E-state index in [1.807, 2.05) is 31.2 Å². The highest BCUT2D eigenvalue weighted by Crippen LogP contribution is 2.28. The van der Waals surface area contributed by atoms with Gasteiger partial charge in [0, 0.05) is 32.0 Å². The van der Waals surface area contributed by atoms with Gasteiger partial charge in [-0.05, 0) is 25.0 Å². The molecule has 1 aliphatic heterocycles. The summed E-state index contributed by atoms with van der Waals surface area (Å²) in [5, 5.41) is 0. The molecule has 5 heteroatoms. The number of hydrogen-bond acceptors (Lipinski definition) is 5. The van der Waals surface area contributed by atoms with Gasteiger partial charge in [0.25, 0.3) is 0 Å². The summed E-state index contributed by atoms with van der Waals surface area (Å²) in [5.74, 6) is -0.00187. The zero-order chi connectivity index (χ0) is 16.2. The Labute approximate surface area is 132 Å². The van der Waals surface area contributed by atoms with Gasteiger partial charge in [0.05, 0.1) is 6.04 Å². The number of methoxy groups -OCH3 is 2. The van der Waals surface area contributed by atoms with Crippen molar-refractivity contribution in [2.24, 2.45) is 10.9 Å². The molecule has 1 atom stereocenters. The second-order valence-corrected chi connectivity index (χ2v) is 5.53. The molecule has 0 N–H and O–H groups in total. The molecule has 0 amide bonds. The number of aliphatic imine (C=N–C) groups is 1. The molecule has 0 saturated carbocycles. The molecule has 2 rings (SSSR count). The first-order valence-electron chi connectivity index (χ1n) is 7.62. The van der Waals surface area contributed by atoms with Crippen molar-refractivity contribution in [3.05, 3.63) is 35.4 Å². The van der Waals surface area contributed by atoms with Gasteiger partial charge < -0.3 is 18.9 Å². The highest BCUT2D eigenvalue weighted by Gasteiger charge is 2.33. The van der Waals surface area contributed by atoms with Crippen molar-refractivity contribution in [3.8, 4) is 0 Å². The normalized spacial score (nSPS) is 18.5. The lowest BCUT2D eigenvalue weighted by molar-refractivity contribution is -0.373. The topological polar surface area (TPSA) is 49.3 Å². The monoisotopic (exact) mass is 307 g/mol. The van der Waals surface area contributed by atoms with Crippen LogP contribution < -0.4 is 0 Å². The number of benzene rings is 1. The maximum Gasteiger partial charge on any atom is 0.311 e. The molecule has 5 nitrogen and oxygen atoms in total. The third kappa shape index (κ3) is 3.32. The van der Waals surface area contributed by atoms with E-state index in [-0.39, 0.29) is 6.04 Å². The first-order valence-corrected chi connectivity index (χ1v) is 7.62. The maximum absolute atomic E-state index is 5.69. The molecule has 1 aromatic rings. The third-order valence-electron chi connectivity index (χ3n) is 3.80. The molecule has 0 spiro atoms. The van der Waals surface area contributed by atoms with Crippen molar-refractivity contribution in [2.75, 3.05) is 27.4 Å². The van der Waals surface area contributed by atoms with E-state index in [2.05, 4.69) is 18.8 Å². The molecule has 1 aliphatic rings. The van der Waals surface area contributed by atoms with Crippen LogP contribution in [0.5, 0.6) is 0 Å². The van der Waals surface area contributed by atoms with Gasteiger partial charge in [0.1, 0.15) is 6.61 Å². The molecule has 0 saturated heterocycles. The molecule has 22 heavy (non-hydrogen) atoms. The van der Waals surface area contributed by atoms with E-state index in [9.17, 15) is 0 Å². The molecule has 0 aliphatic carbocycles. The van der Waals surface area contributed by atoms with Gasteiger partial charge in [-0.1, -0.05) is 26.0 Å². The van der Waals surface area contributed by atoms with Gasteiger partial charge in [-0.2, -0.15) is 0 Å². The predicted octanol–water partition coefficient (Wildman–Crippen LogP) is 2.93. The Hall–Kier alpha value is -1.43. The quantitative estimate of drug-likeness (QED) is 0.727. The lowest BCUT2D eigenvalue weighted by Crippen LogP contribution is -2.34. The second-order valence-electron chi connectivity index (χ2n) is 5.53. The van der Waals surface area contributed by atoms with Gasteiger partial charge in [-0.25, -0.2) is 4.99 Å². The lowest BCUT2D eigenvalue weighted by atomic mass is 10.1. The average Bonchev–Trinajstić information content (AvgIpc) is 3.03. The Morgan fingerprint density at radius 2 is 1.86 bits per heavy atom. The van der Waals surface area contributed by atoms with Crippen LogP contribution in [0.3, 0.4) is 0 Å². The highest BCUT2D eigenvalue weighted by molar-refractivity contribution is 5.95. The average molecular weight is 307 g/mol. The van der Waals surface area contributed by atoms with Crippen LogP contribution in [-0.2, 0) is 24.9 Å². The summed E-state index contributed by atoms with van der Waals surface area (Å²) in [6, 6.07) is 7.94. The summed E-state index contributed by atoms with van der Waals surface area (Å²) in [6.07, 6.45) is 0. The van der Waals surface area contributed by atoms with Crippen molar-refractivity contribution < 1.29 is 18.9 Å². The third-order valence-corrected chi connectivity index (χ3v) is 3.80. The summed E-state index contributed by atoms with van der Waals surface area (Å²) in [4.78, 5) is 4.63. The van der Waals surface area contributed by atoms with Crippen LogP contribution in [0.15, 0.2) is 29.3 Å². The number of hydrogen-bond donors (Lipinski definition) is 0. The summed E-state index contributed by atoms with van der Waals surface area (Å²) >= 11 is 0. The predicted molar refractivity (Wildman–Crippen MR) is 84.9 cm³/mol. The van der Waals surface area contributed by atoms with E-state index in [4.69, 9.17) is 18.9 Å². The van der Waals surface area contributed by atoms with Crippen molar-refractivity contribution in [1.29, 1.82) is 0 Å². The van der Waals surface area contributed by atoms with Gasteiger partial charge in [-0.3, -0.25) is 0 Å². The molecule has 1 aromatic carbocycles. The van der Waals surface area contributed by atoms with Crippen LogP contribution in [-0.4, -0.2) is 39.4 Å². The van der Waals surface area contributed by atoms with Gasteiger partial charge in [0.15, 0.2) is 0 Å². The molecule has 0 aromatic heterocycles. The maximum atomic E-state index is 5.69. The van der Waals surface area contributed by atoms with E-state index in [0.717, 1.165) is 11.1 Å². The summed E-state index contributed by atoms with van der Waals surface area (Å²) in [6.45, 7) is 7.33. The van der Waals surface area contributed by atoms with Crippen molar-refractivity contribution >= 4 is 5.90 Å². The minimum atomic E-state index is -1.17. The fraction of sp³-hybridized carbons (Fsp3) is 0.588. The fourth-order valence-corrected chi connectivity index (χ4v) is 2.42. The highest BCUT2D eigenvalue weighted by atomic mass is 16.9. The molecule has 0 fully saturated rings. The van der Waals surface area contributed by atoms with E-state index in [1.165, 1.54) is 0 Å². The van der Waals surface area contributed by atoms with E-state index < -0.39 is 5.97 Å². The Morgan fingerprint density at radius 1 is 1.23 bits per heavy atom. The largest absolute Gasteiger partial charge is 0.475 e. The fourth-order valence-electron chi connectivity index (χ4n) is 2.42. The first-order chi connectivity index (χ1) is 10.6. The summed E-state index contributed by atoms with van der Waals surface area (Å²) in [5.41, 5.74) is 1.74. The zero-order valence-electron chi connectivity index (χ0n) is 14.0. The van der Waals surface area contributed by atoms with Crippen LogP contribution in [0, 0.1) is 5.92 Å². The molecule has 0 bridgehead atoms. The van der Waals surface area contributed by atoms with Crippen molar-refractivity contribution in [1.82, 2.24) is 0 Å². The van der Waals surface area contributed by atoms with Gasteiger partial charge in [-0.15, -0.1) is 0 Å². The van der Waals surface area contributed by atoms with Crippen LogP contribution in [0.25, 0.3) is 0 Å². The summed E-state index contributed by atoms with van der Waals surface area (Å²) in [7, 11) is 3.12. The molecule has 0 unspecified atom stereocenters. The number of ether oxygens (including phenoxy) is 4. The molecule has 0 radical (unpaired) electrons. The Balaban J connectivity index is 2.22. The molecule has 1 heterocycles. The van der Waals surface area contributed by atoms with Crippen LogP contribution in [0.4, 0.5) is 0 Å². The minimum absolute atomic E-state index is 0.232. The van der Waals surface area contributed by atoms with Gasteiger partial charge >= 0.3 is 5.97 Å². The molecular formula is C17H25NO4. The standard InChI is InChI=1S/C17H25NO4/c1-6-22-17(19-4,20-5)14-9-7-13(8-10-14)16-18-15(11-21-16)12(2)3/h7-10,12,15H,6,11H2,1-5H3/t15-/m1/s1. The van der Waals surface area contributed by atoms with Crippen molar-refractivity contribution in [3.63, 3.8) is 0 Å². The SMILES string of the molecule is CCOC(OC)(OC)c1ccc(C2=N[C@@H](C(C)C)CO2)cc1. The smallest absolute Gasteiger partial charge is 0.311 e. The Kier molecular flexibility index (Phi) is 5.56. The van der Waals surface area contributed by atoms with E-state index in [0.29, 0.717) is 25.0 Å². The van der Waals surface area contributed by atoms with E-state index in [1.54, 1.807) is 14.2 Å². The number of rotatable bonds is 7. The first kappa shape index (κ1) is 16.9. The van der Waals surface area contributed by atoms with Crippen LogP contribution in [0.1, 0.15) is 31.9 Å². The molecule has 122 valence electrons. The lowest BCUT2D eigenvalue weighted by Gasteiger charge is -2.30. The Morgan fingerprint density at radius 3 is 2.32 bits per heavy atom. The Bertz CT molecular complexity index is 506. The molecular weight excluding hydrogens is 282 g/mol. The number of nitrogens with zero attached hydrogens (tertiary/aromatic N) is 1. The zero-order valence-corrected chi connectivity index (χ0v) is 14.0. The summed E-state index contributed by atoms with van der Waals surface area (Å²) < 4.78 is 22.2. The van der Waals surface area contributed by atoms with Crippen LogP contribution >= 0.6 is 0 Å². The van der Waals surface area contributed by atoms with Crippen molar-refractivity contribution in [2.45, 2.75) is 32.8 Å². The van der Waals surface area contributed by atoms with E-state index >= 15 is 0 Å².